The van der Waals surface area contributed by atoms with Gasteiger partial charge in [-0.05, 0) is 18.8 Å². The molecule has 0 bridgehead atoms. The molecule has 1 aliphatic rings. The third-order valence-electron chi connectivity index (χ3n) is 3.34. The molecule has 16 heavy (non-hydrogen) atoms. The Bertz CT molecular complexity index is 298. The van der Waals surface area contributed by atoms with Gasteiger partial charge in [0.05, 0.1) is 11.0 Å². The highest BCUT2D eigenvalue weighted by atomic mass is 32.2. The lowest BCUT2D eigenvalue weighted by Crippen LogP contribution is -2.35. The Morgan fingerprint density at radius 3 is 2.56 bits per heavy atom. The number of nitrogens with one attached hydrogen (secondary N) is 1. The van der Waals surface area contributed by atoms with E-state index < -0.39 is 9.84 Å². The summed E-state index contributed by atoms with van der Waals surface area (Å²) in [6, 6.07) is 0.362. The Kier molecular flexibility index (Phi) is 5.25. The zero-order chi connectivity index (χ0) is 12.2. The molecule has 2 unspecified atom stereocenters. The summed E-state index contributed by atoms with van der Waals surface area (Å²) in [6.07, 6.45) is 4.00. The number of hydrogen-bond donors (Lipinski definition) is 1. The molecule has 3 nitrogen and oxygen atoms in total. The van der Waals surface area contributed by atoms with Crippen LogP contribution in [0, 0.1) is 5.92 Å². The van der Waals surface area contributed by atoms with Crippen LogP contribution in [0.4, 0.5) is 0 Å². The van der Waals surface area contributed by atoms with E-state index in [1.165, 1.54) is 6.42 Å². The van der Waals surface area contributed by atoms with Crippen molar-refractivity contribution in [3.63, 3.8) is 0 Å². The lowest BCUT2D eigenvalue weighted by atomic mass is 9.91. The van der Waals surface area contributed by atoms with Gasteiger partial charge in [0.15, 0.2) is 9.84 Å². The molecule has 1 saturated carbocycles. The fourth-order valence-corrected chi connectivity index (χ4v) is 4.24. The molecule has 0 aromatic rings. The zero-order valence-electron chi connectivity index (χ0n) is 10.7. The van der Waals surface area contributed by atoms with Gasteiger partial charge in [-0.1, -0.05) is 33.6 Å². The van der Waals surface area contributed by atoms with Crippen LogP contribution in [0.1, 0.15) is 46.5 Å². The highest BCUT2D eigenvalue weighted by Gasteiger charge is 2.29. The van der Waals surface area contributed by atoms with Gasteiger partial charge in [0.1, 0.15) is 0 Å². The normalized spacial score (nSPS) is 27.2. The lowest BCUT2D eigenvalue weighted by molar-refractivity contribution is 0.381. The fourth-order valence-electron chi connectivity index (χ4n) is 2.36. The summed E-state index contributed by atoms with van der Waals surface area (Å²) < 4.78 is 24.1. The van der Waals surface area contributed by atoms with Crippen molar-refractivity contribution in [2.45, 2.75) is 57.7 Å². The molecule has 96 valence electrons. The second-order valence-corrected chi connectivity index (χ2v) is 7.77. The van der Waals surface area contributed by atoms with E-state index in [9.17, 15) is 8.42 Å². The first kappa shape index (κ1) is 14.0. The van der Waals surface area contributed by atoms with Crippen LogP contribution in [-0.4, -0.2) is 32.0 Å². The molecule has 0 saturated heterocycles. The van der Waals surface area contributed by atoms with Crippen molar-refractivity contribution >= 4 is 9.84 Å². The molecule has 0 radical (unpaired) electrons. The number of hydrogen-bond acceptors (Lipinski definition) is 3. The molecule has 0 heterocycles. The Hall–Kier alpha value is -0.0900. The molecule has 0 aromatic heterocycles. The van der Waals surface area contributed by atoms with E-state index in [-0.39, 0.29) is 5.25 Å². The molecule has 0 aliphatic heterocycles. The van der Waals surface area contributed by atoms with Crippen LogP contribution >= 0.6 is 0 Å². The van der Waals surface area contributed by atoms with Gasteiger partial charge in [-0.3, -0.25) is 0 Å². The molecule has 4 heteroatoms. The predicted octanol–water partition coefficient (Wildman–Crippen LogP) is 1.98. The summed E-state index contributed by atoms with van der Waals surface area (Å²) in [5.74, 6) is 0.870. The monoisotopic (exact) mass is 247 g/mol. The third-order valence-corrected chi connectivity index (χ3v) is 5.55. The minimum atomic E-state index is -2.87. The average molecular weight is 247 g/mol. The van der Waals surface area contributed by atoms with E-state index in [4.69, 9.17) is 0 Å². The largest absolute Gasteiger partial charge is 0.314 e. The summed E-state index contributed by atoms with van der Waals surface area (Å²) in [5.41, 5.74) is 0. The molecule has 1 aliphatic carbocycles. The lowest BCUT2D eigenvalue weighted by Gasteiger charge is -2.26. The van der Waals surface area contributed by atoms with E-state index in [0.29, 0.717) is 24.3 Å². The maximum atomic E-state index is 12.1. The van der Waals surface area contributed by atoms with Gasteiger partial charge in [0.25, 0.3) is 0 Å². The van der Waals surface area contributed by atoms with Crippen LogP contribution in [0.2, 0.25) is 0 Å². The molecule has 0 spiro atoms. The highest BCUT2D eigenvalue weighted by molar-refractivity contribution is 7.92. The summed E-state index contributed by atoms with van der Waals surface area (Å²) >= 11 is 0. The first-order chi connectivity index (χ1) is 7.42. The van der Waals surface area contributed by atoms with Gasteiger partial charge in [0, 0.05) is 12.6 Å². The van der Waals surface area contributed by atoms with Crippen molar-refractivity contribution < 1.29 is 8.42 Å². The topological polar surface area (TPSA) is 46.2 Å². The molecule has 0 amide bonds. The zero-order valence-corrected chi connectivity index (χ0v) is 11.5. The van der Waals surface area contributed by atoms with E-state index in [1.54, 1.807) is 0 Å². The van der Waals surface area contributed by atoms with Crippen LogP contribution in [0.5, 0.6) is 0 Å². The fraction of sp³-hybridized carbons (Fsp3) is 1.00. The molecule has 1 rings (SSSR count). The van der Waals surface area contributed by atoms with Gasteiger partial charge >= 0.3 is 0 Å². The summed E-state index contributed by atoms with van der Waals surface area (Å²) in [5, 5.41) is 3.09. The smallest absolute Gasteiger partial charge is 0.154 e. The van der Waals surface area contributed by atoms with Crippen LogP contribution in [0.25, 0.3) is 0 Å². The van der Waals surface area contributed by atoms with Crippen molar-refractivity contribution in [2.24, 2.45) is 5.92 Å². The average Bonchev–Trinajstić information content (AvgIpc) is 2.16. The van der Waals surface area contributed by atoms with Crippen LogP contribution < -0.4 is 5.32 Å². The molecule has 0 aromatic carbocycles. The number of rotatable bonds is 5. The van der Waals surface area contributed by atoms with Gasteiger partial charge in [0.2, 0.25) is 0 Å². The van der Waals surface area contributed by atoms with Gasteiger partial charge in [-0.2, -0.15) is 0 Å². The Morgan fingerprint density at radius 2 is 2.00 bits per heavy atom. The van der Waals surface area contributed by atoms with Crippen molar-refractivity contribution in [1.29, 1.82) is 0 Å². The molecular weight excluding hydrogens is 222 g/mol. The van der Waals surface area contributed by atoms with Crippen LogP contribution in [0.3, 0.4) is 0 Å². The van der Waals surface area contributed by atoms with Gasteiger partial charge < -0.3 is 5.32 Å². The summed E-state index contributed by atoms with van der Waals surface area (Å²) in [7, 11) is -2.87. The van der Waals surface area contributed by atoms with E-state index >= 15 is 0 Å². The van der Waals surface area contributed by atoms with E-state index in [0.717, 1.165) is 19.3 Å². The van der Waals surface area contributed by atoms with Crippen molar-refractivity contribution in [3.05, 3.63) is 0 Å². The molecular formula is C12H25NO2S. The highest BCUT2D eigenvalue weighted by Crippen LogP contribution is 2.28. The van der Waals surface area contributed by atoms with Crippen molar-refractivity contribution in [2.75, 3.05) is 12.3 Å². The van der Waals surface area contributed by atoms with Crippen molar-refractivity contribution in [3.8, 4) is 0 Å². The first-order valence-electron chi connectivity index (χ1n) is 6.36. The van der Waals surface area contributed by atoms with E-state index in [1.807, 2.05) is 13.8 Å². The minimum absolute atomic E-state index is 0.0785. The third kappa shape index (κ3) is 4.42. The van der Waals surface area contributed by atoms with Gasteiger partial charge in [-0.25, -0.2) is 8.42 Å². The second kappa shape index (κ2) is 6.01. The molecule has 1 fully saturated rings. The Morgan fingerprint density at radius 1 is 1.31 bits per heavy atom. The SMILES string of the molecule is CC1CCCC(S(=O)(=O)CCNC(C)C)C1. The molecule has 2 atom stereocenters. The van der Waals surface area contributed by atoms with Crippen LogP contribution in [0.15, 0.2) is 0 Å². The van der Waals surface area contributed by atoms with Gasteiger partial charge in [-0.15, -0.1) is 0 Å². The van der Waals surface area contributed by atoms with E-state index in [2.05, 4.69) is 12.2 Å². The maximum absolute atomic E-state index is 12.1. The molecule has 1 N–H and O–H groups in total. The number of sulfone groups is 1. The quantitative estimate of drug-likeness (QED) is 0.808. The minimum Gasteiger partial charge on any atom is -0.314 e. The Balaban J connectivity index is 2.43. The Labute approximate surface area is 99.9 Å². The van der Waals surface area contributed by atoms with Crippen molar-refractivity contribution in [1.82, 2.24) is 5.32 Å². The second-order valence-electron chi connectivity index (χ2n) is 5.37. The standard InChI is InChI=1S/C12H25NO2S/c1-10(2)13-7-8-16(14,15)12-6-4-5-11(3)9-12/h10-13H,4-9H2,1-3H3. The summed E-state index contributed by atoms with van der Waals surface area (Å²) in [6.45, 7) is 6.82. The summed E-state index contributed by atoms with van der Waals surface area (Å²) in [4.78, 5) is 0. The van der Waals surface area contributed by atoms with Crippen LogP contribution in [-0.2, 0) is 9.84 Å². The predicted molar refractivity (Wildman–Crippen MR) is 68.3 cm³/mol. The maximum Gasteiger partial charge on any atom is 0.154 e. The first-order valence-corrected chi connectivity index (χ1v) is 8.08.